The van der Waals surface area contributed by atoms with Crippen molar-refractivity contribution in [3.63, 3.8) is 0 Å². The molecule has 14 heavy (non-hydrogen) atoms. The molecular formula is C10H14ClFN2. The van der Waals surface area contributed by atoms with E-state index in [0.717, 1.165) is 18.8 Å². The van der Waals surface area contributed by atoms with Crippen molar-refractivity contribution >= 4 is 17.4 Å². The monoisotopic (exact) mass is 216 g/mol. The molecule has 1 unspecified atom stereocenters. The van der Waals surface area contributed by atoms with Crippen LogP contribution in [0, 0.1) is 5.82 Å². The molecule has 0 aliphatic rings. The minimum Gasteiger partial charge on any atom is -0.360 e. The van der Waals surface area contributed by atoms with Crippen LogP contribution in [0.25, 0.3) is 0 Å². The van der Waals surface area contributed by atoms with Gasteiger partial charge in [-0.25, -0.2) is 9.37 Å². The Bertz CT molecular complexity index is 274. The zero-order chi connectivity index (χ0) is 10.6. The van der Waals surface area contributed by atoms with Crippen molar-refractivity contribution in [2.45, 2.75) is 18.7 Å². The zero-order valence-corrected chi connectivity index (χ0v) is 9.13. The molecule has 0 saturated heterocycles. The summed E-state index contributed by atoms with van der Waals surface area (Å²) in [5.41, 5.74) is 0. The Morgan fingerprint density at radius 2 is 2.29 bits per heavy atom. The third-order valence-electron chi connectivity index (χ3n) is 1.97. The maximum Gasteiger partial charge on any atom is 0.141 e. The number of nitrogens with zero attached hydrogens (tertiary/aromatic N) is 2. The average molecular weight is 217 g/mol. The highest BCUT2D eigenvalue weighted by Gasteiger charge is 2.04. The minimum atomic E-state index is -0.312. The molecule has 0 aromatic carbocycles. The molecule has 1 aromatic rings. The summed E-state index contributed by atoms with van der Waals surface area (Å²) in [6.07, 6.45) is 2.10. The Morgan fingerprint density at radius 3 is 2.79 bits per heavy atom. The van der Waals surface area contributed by atoms with Crippen LogP contribution in [0.1, 0.15) is 13.3 Å². The van der Waals surface area contributed by atoms with Crippen LogP contribution >= 0.6 is 11.6 Å². The van der Waals surface area contributed by atoms with E-state index < -0.39 is 0 Å². The van der Waals surface area contributed by atoms with E-state index in [0.29, 0.717) is 0 Å². The number of anilines is 1. The van der Waals surface area contributed by atoms with Gasteiger partial charge < -0.3 is 4.90 Å². The summed E-state index contributed by atoms with van der Waals surface area (Å²) >= 11 is 5.83. The van der Waals surface area contributed by atoms with Gasteiger partial charge in [-0.2, -0.15) is 0 Å². The first-order valence-corrected chi connectivity index (χ1v) is 5.00. The van der Waals surface area contributed by atoms with Crippen molar-refractivity contribution in [3.05, 3.63) is 24.1 Å². The van der Waals surface area contributed by atoms with Crippen molar-refractivity contribution in [1.29, 1.82) is 0 Å². The third kappa shape index (κ3) is 3.50. The number of rotatable bonds is 4. The van der Waals surface area contributed by atoms with Gasteiger partial charge in [0, 0.05) is 19.0 Å². The smallest absolute Gasteiger partial charge is 0.141 e. The molecule has 1 rings (SSSR count). The fourth-order valence-corrected chi connectivity index (χ4v) is 1.18. The van der Waals surface area contributed by atoms with Gasteiger partial charge in [-0.05, 0) is 25.5 Å². The van der Waals surface area contributed by atoms with Crippen LogP contribution in [0.4, 0.5) is 10.2 Å². The lowest BCUT2D eigenvalue weighted by Gasteiger charge is -2.18. The van der Waals surface area contributed by atoms with Crippen molar-refractivity contribution < 1.29 is 4.39 Å². The Labute approximate surface area is 88.7 Å². The summed E-state index contributed by atoms with van der Waals surface area (Å²) in [5, 5.41) is 0.151. The maximum atomic E-state index is 12.6. The molecule has 4 heteroatoms. The van der Waals surface area contributed by atoms with Crippen molar-refractivity contribution in [2.75, 3.05) is 18.5 Å². The van der Waals surface area contributed by atoms with Crippen LogP contribution in [0.3, 0.4) is 0 Å². The van der Waals surface area contributed by atoms with Crippen LogP contribution in [0.2, 0.25) is 0 Å². The lowest BCUT2D eigenvalue weighted by molar-refractivity contribution is 0.620. The largest absolute Gasteiger partial charge is 0.360 e. The lowest BCUT2D eigenvalue weighted by atomic mass is 10.3. The second kappa shape index (κ2) is 5.15. The molecule has 0 saturated carbocycles. The van der Waals surface area contributed by atoms with Gasteiger partial charge in [0.25, 0.3) is 0 Å². The summed E-state index contributed by atoms with van der Waals surface area (Å²) in [7, 11) is 1.92. The normalized spacial score (nSPS) is 12.6. The molecule has 1 atom stereocenters. The van der Waals surface area contributed by atoms with Gasteiger partial charge in [-0.15, -0.1) is 11.6 Å². The van der Waals surface area contributed by atoms with Gasteiger partial charge in [0.2, 0.25) is 0 Å². The maximum absolute atomic E-state index is 12.6. The number of pyridine rings is 1. The first kappa shape index (κ1) is 11.2. The van der Waals surface area contributed by atoms with Crippen LogP contribution < -0.4 is 4.90 Å². The Morgan fingerprint density at radius 1 is 1.57 bits per heavy atom. The molecule has 0 spiro atoms. The average Bonchev–Trinajstić information content (AvgIpc) is 2.15. The van der Waals surface area contributed by atoms with E-state index in [-0.39, 0.29) is 11.2 Å². The topological polar surface area (TPSA) is 16.1 Å². The van der Waals surface area contributed by atoms with E-state index >= 15 is 0 Å². The van der Waals surface area contributed by atoms with Gasteiger partial charge in [-0.3, -0.25) is 0 Å². The Hall–Kier alpha value is -0.830. The predicted molar refractivity (Wildman–Crippen MR) is 57.4 cm³/mol. The quantitative estimate of drug-likeness (QED) is 0.720. The minimum absolute atomic E-state index is 0.151. The van der Waals surface area contributed by atoms with Gasteiger partial charge in [0.15, 0.2) is 0 Å². The zero-order valence-electron chi connectivity index (χ0n) is 8.37. The molecule has 2 nitrogen and oxygen atoms in total. The molecule has 78 valence electrons. The molecular weight excluding hydrogens is 203 g/mol. The molecule has 0 N–H and O–H groups in total. The fraction of sp³-hybridized carbons (Fsp3) is 0.500. The predicted octanol–water partition coefficient (Wildman–Crippen LogP) is 2.67. The van der Waals surface area contributed by atoms with Gasteiger partial charge in [0.1, 0.15) is 11.6 Å². The van der Waals surface area contributed by atoms with E-state index in [4.69, 9.17) is 11.6 Å². The molecule has 1 heterocycles. The Kier molecular flexibility index (Phi) is 4.14. The van der Waals surface area contributed by atoms with Gasteiger partial charge in [0.05, 0.1) is 6.20 Å². The summed E-state index contributed by atoms with van der Waals surface area (Å²) in [6, 6.07) is 3.07. The van der Waals surface area contributed by atoms with Crippen molar-refractivity contribution in [2.24, 2.45) is 0 Å². The molecule has 1 aromatic heterocycles. The highest BCUT2D eigenvalue weighted by molar-refractivity contribution is 6.20. The SMILES string of the molecule is CC(Cl)CCN(C)c1ccc(F)cn1. The molecule has 0 radical (unpaired) electrons. The number of aromatic nitrogens is 1. The van der Waals surface area contributed by atoms with Gasteiger partial charge in [-0.1, -0.05) is 0 Å². The van der Waals surface area contributed by atoms with Crippen molar-refractivity contribution in [3.8, 4) is 0 Å². The van der Waals surface area contributed by atoms with Gasteiger partial charge >= 0.3 is 0 Å². The molecule has 0 aliphatic carbocycles. The fourth-order valence-electron chi connectivity index (χ4n) is 1.08. The third-order valence-corrected chi connectivity index (χ3v) is 2.18. The standard InChI is InChI=1S/C10H14ClFN2/c1-8(11)5-6-14(2)10-4-3-9(12)7-13-10/h3-4,7-8H,5-6H2,1-2H3. The van der Waals surface area contributed by atoms with E-state index in [9.17, 15) is 4.39 Å². The second-order valence-corrected chi connectivity index (χ2v) is 4.07. The summed E-state index contributed by atoms with van der Waals surface area (Å²) in [5.74, 6) is 0.455. The number of hydrogen-bond acceptors (Lipinski definition) is 2. The summed E-state index contributed by atoms with van der Waals surface area (Å²) in [6.45, 7) is 2.77. The van der Waals surface area contributed by atoms with E-state index in [1.54, 1.807) is 6.07 Å². The number of alkyl halides is 1. The van der Waals surface area contributed by atoms with E-state index in [2.05, 4.69) is 4.98 Å². The first-order valence-electron chi connectivity index (χ1n) is 4.56. The molecule has 0 bridgehead atoms. The lowest BCUT2D eigenvalue weighted by Crippen LogP contribution is -2.21. The van der Waals surface area contributed by atoms with Crippen LogP contribution in [0.5, 0.6) is 0 Å². The molecule has 0 fully saturated rings. The van der Waals surface area contributed by atoms with Crippen molar-refractivity contribution in [1.82, 2.24) is 4.98 Å². The summed E-state index contributed by atoms with van der Waals surface area (Å²) < 4.78 is 12.6. The van der Waals surface area contributed by atoms with E-state index in [1.807, 2.05) is 18.9 Å². The van der Waals surface area contributed by atoms with Crippen LogP contribution in [-0.2, 0) is 0 Å². The molecule has 0 amide bonds. The highest BCUT2D eigenvalue weighted by atomic mass is 35.5. The number of hydrogen-bond donors (Lipinski definition) is 0. The summed E-state index contributed by atoms with van der Waals surface area (Å²) in [4.78, 5) is 5.92. The Balaban J connectivity index is 2.52. The molecule has 0 aliphatic heterocycles. The van der Waals surface area contributed by atoms with E-state index in [1.165, 1.54) is 12.3 Å². The second-order valence-electron chi connectivity index (χ2n) is 3.33. The van der Waals surface area contributed by atoms with Crippen LogP contribution in [0.15, 0.2) is 18.3 Å². The number of halogens is 2. The first-order chi connectivity index (χ1) is 6.59. The highest BCUT2D eigenvalue weighted by Crippen LogP contribution is 2.10. The van der Waals surface area contributed by atoms with Crippen LogP contribution in [-0.4, -0.2) is 24.0 Å².